The van der Waals surface area contributed by atoms with Crippen molar-refractivity contribution in [2.45, 2.75) is 49.0 Å². The minimum absolute atomic E-state index is 0.0250. The van der Waals surface area contributed by atoms with E-state index >= 15 is 0 Å². The van der Waals surface area contributed by atoms with E-state index in [2.05, 4.69) is 107 Å². The second kappa shape index (κ2) is 8.07. The van der Waals surface area contributed by atoms with Crippen LogP contribution in [0.4, 0.5) is 16.2 Å². The van der Waals surface area contributed by atoms with Gasteiger partial charge in [0.2, 0.25) is 0 Å². The number of anilines is 2. The first-order valence-electron chi connectivity index (χ1n) is 13.5. The lowest BCUT2D eigenvalue weighted by atomic mass is 9.55. The average Bonchev–Trinajstić information content (AvgIpc) is 3.63. The number of likely N-dealkylation sites (N-methyl/N-ethyl adjacent to an activating group) is 2. The number of hydrogen-bond donors (Lipinski definition) is 2. The van der Waals surface area contributed by atoms with Gasteiger partial charge in [-0.05, 0) is 62.7 Å². The SMILES string of the molecule is C[C@H](NC(=O)N1c2ccccc2[C@]2([C@@]34CCN(C)[C@@H]3Nc3ccccc34)CCN(C)[C@H]12)c1ccccc1. The Morgan fingerprint density at radius 1 is 0.865 bits per heavy atom. The molecule has 0 aromatic heterocycles. The number of amides is 2. The van der Waals surface area contributed by atoms with Crippen molar-refractivity contribution >= 4 is 17.4 Å². The molecule has 0 spiro atoms. The van der Waals surface area contributed by atoms with Crippen molar-refractivity contribution in [3.63, 3.8) is 0 Å². The van der Waals surface area contributed by atoms with E-state index in [1.807, 2.05) is 18.2 Å². The van der Waals surface area contributed by atoms with Crippen molar-refractivity contribution in [2.75, 3.05) is 37.4 Å². The number of benzene rings is 3. The molecule has 4 aliphatic rings. The summed E-state index contributed by atoms with van der Waals surface area (Å²) >= 11 is 0. The number of fused-ring (bicyclic) bond motifs is 7. The molecular formula is C31H35N5O. The topological polar surface area (TPSA) is 50.9 Å². The highest BCUT2D eigenvalue weighted by Crippen LogP contribution is 2.67. The third kappa shape index (κ3) is 2.85. The summed E-state index contributed by atoms with van der Waals surface area (Å²) in [7, 11) is 4.43. The molecule has 190 valence electrons. The molecule has 0 saturated carbocycles. The van der Waals surface area contributed by atoms with E-state index in [9.17, 15) is 4.79 Å². The van der Waals surface area contributed by atoms with E-state index in [1.54, 1.807) is 0 Å². The Bertz CT molecular complexity index is 1360. The summed E-state index contributed by atoms with van der Waals surface area (Å²) in [5.74, 6) is 0. The molecule has 3 aromatic rings. The van der Waals surface area contributed by atoms with Crippen LogP contribution in [0, 0.1) is 0 Å². The number of carbonyl (C=O) groups is 1. The van der Waals surface area contributed by atoms with E-state index in [0.717, 1.165) is 37.2 Å². The van der Waals surface area contributed by atoms with Gasteiger partial charge in [-0.15, -0.1) is 0 Å². The van der Waals surface area contributed by atoms with Crippen LogP contribution in [0.25, 0.3) is 0 Å². The van der Waals surface area contributed by atoms with Crippen molar-refractivity contribution in [2.24, 2.45) is 0 Å². The van der Waals surface area contributed by atoms with E-state index in [0.29, 0.717) is 0 Å². The number of urea groups is 1. The van der Waals surface area contributed by atoms with E-state index < -0.39 is 0 Å². The van der Waals surface area contributed by atoms with Gasteiger partial charge in [-0.3, -0.25) is 14.7 Å². The lowest BCUT2D eigenvalue weighted by Gasteiger charge is -2.49. The van der Waals surface area contributed by atoms with Gasteiger partial charge >= 0.3 is 6.03 Å². The van der Waals surface area contributed by atoms with Crippen molar-refractivity contribution in [3.8, 4) is 0 Å². The molecular weight excluding hydrogens is 458 g/mol. The molecule has 2 fully saturated rings. The van der Waals surface area contributed by atoms with Crippen LogP contribution in [0.3, 0.4) is 0 Å². The summed E-state index contributed by atoms with van der Waals surface area (Å²) in [5, 5.41) is 7.24. The molecule has 4 aliphatic heterocycles. The summed E-state index contributed by atoms with van der Waals surface area (Å²) in [4.78, 5) is 21.2. The molecule has 5 atom stereocenters. The van der Waals surface area contributed by atoms with Gasteiger partial charge in [0, 0.05) is 29.6 Å². The first-order valence-corrected chi connectivity index (χ1v) is 13.5. The Labute approximate surface area is 219 Å². The summed E-state index contributed by atoms with van der Waals surface area (Å²) in [6, 6.07) is 27.6. The number of para-hydroxylation sites is 2. The predicted octanol–water partition coefficient (Wildman–Crippen LogP) is 4.90. The van der Waals surface area contributed by atoms with Crippen LogP contribution in [0.15, 0.2) is 78.9 Å². The molecule has 2 amide bonds. The number of nitrogens with one attached hydrogen (secondary N) is 2. The monoisotopic (exact) mass is 493 g/mol. The standard InChI is InChI=1S/C31H35N5O/c1-21(22-11-5-4-6-12-22)32-29(37)36-26-16-10-8-14-24(26)31(18-20-35(3)28(31)36)30-17-19-34(2)27(30)33-25-15-9-7-13-23(25)30/h4-16,21,27-28,33H,17-20H2,1-3H3,(H,32,37)/t21-,27-,28+,30+,31+/m0/s1. The van der Waals surface area contributed by atoms with Crippen LogP contribution in [0.5, 0.6) is 0 Å². The number of nitrogens with zero attached hydrogens (tertiary/aromatic N) is 3. The van der Waals surface area contributed by atoms with Crippen molar-refractivity contribution in [1.29, 1.82) is 0 Å². The van der Waals surface area contributed by atoms with E-state index in [1.165, 1.54) is 16.8 Å². The molecule has 7 rings (SSSR count). The molecule has 2 N–H and O–H groups in total. The summed E-state index contributed by atoms with van der Waals surface area (Å²) in [6.45, 7) is 4.06. The van der Waals surface area contributed by atoms with Gasteiger partial charge in [0.15, 0.2) is 0 Å². The Morgan fingerprint density at radius 3 is 2.32 bits per heavy atom. The highest BCUT2D eigenvalue weighted by molar-refractivity contribution is 5.97. The van der Waals surface area contributed by atoms with E-state index in [-0.39, 0.29) is 35.2 Å². The molecule has 0 radical (unpaired) electrons. The fourth-order valence-electron chi connectivity index (χ4n) is 8.22. The van der Waals surface area contributed by atoms with Crippen LogP contribution < -0.4 is 15.5 Å². The lowest BCUT2D eigenvalue weighted by molar-refractivity contribution is 0.134. The zero-order chi connectivity index (χ0) is 25.4. The maximum Gasteiger partial charge on any atom is 0.323 e. The maximum atomic E-state index is 14.2. The van der Waals surface area contributed by atoms with Gasteiger partial charge in [0.25, 0.3) is 0 Å². The Balaban J connectivity index is 1.39. The Morgan fingerprint density at radius 2 is 1.51 bits per heavy atom. The van der Waals surface area contributed by atoms with Crippen molar-refractivity contribution in [3.05, 3.63) is 95.6 Å². The Kier molecular flexibility index (Phi) is 4.98. The van der Waals surface area contributed by atoms with Crippen LogP contribution >= 0.6 is 0 Å². The summed E-state index contributed by atoms with van der Waals surface area (Å²) < 4.78 is 0. The number of carbonyl (C=O) groups excluding carboxylic acids is 1. The first-order chi connectivity index (χ1) is 18.0. The van der Waals surface area contributed by atoms with Gasteiger partial charge in [0.05, 0.1) is 17.9 Å². The third-order valence-electron chi connectivity index (χ3n) is 9.73. The zero-order valence-electron chi connectivity index (χ0n) is 21.8. The summed E-state index contributed by atoms with van der Waals surface area (Å²) in [5.41, 5.74) is 5.75. The highest BCUT2D eigenvalue weighted by Gasteiger charge is 2.73. The third-order valence-corrected chi connectivity index (χ3v) is 9.73. The molecule has 6 heteroatoms. The van der Waals surface area contributed by atoms with Gasteiger partial charge < -0.3 is 10.6 Å². The van der Waals surface area contributed by atoms with Crippen LogP contribution in [0.1, 0.15) is 42.5 Å². The second-order valence-corrected chi connectivity index (χ2v) is 11.3. The van der Waals surface area contributed by atoms with Gasteiger partial charge in [-0.25, -0.2) is 4.79 Å². The molecule has 0 unspecified atom stereocenters. The van der Waals surface area contributed by atoms with Crippen LogP contribution in [-0.4, -0.2) is 55.3 Å². The molecule has 37 heavy (non-hydrogen) atoms. The predicted molar refractivity (Wildman–Crippen MR) is 148 cm³/mol. The number of rotatable bonds is 3. The maximum absolute atomic E-state index is 14.2. The van der Waals surface area contributed by atoms with Crippen molar-refractivity contribution in [1.82, 2.24) is 15.1 Å². The minimum Gasteiger partial charge on any atom is -0.369 e. The molecule has 3 aromatic carbocycles. The van der Waals surface area contributed by atoms with Gasteiger partial charge in [-0.2, -0.15) is 0 Å². The lowest BCUT2D eigenvalue weighted by Crippen LogP contribution is -2.63. The van der Waals surface area contributed by atoms with Crippen molar-refractivity contribution < 1.29 is 4.79 Å². The first kappa shape index (κ1) is 22.8. The highest BCUT2D eigenvalue weighted by atomic mass is 16.2. The average molecular weight is 494 g/mol. The normalized spacial score (nSPS) is 30.8. The summed E-state index contributed by atoms with van der Waals surface area (Å²) in [6.07, 6.45) is 2.21. The van der Waals surface area contributed by atoms with Gasteiger partial charge in [0.1, 0.15) is 6.17 Å². The fourth-order valence-corrected chi connectivity index (χ4v) is 8.22. The molecule has 0 bridgehead atoms. The second-order valence-electron chi connectivity index (χ2n) is 11.3. The minimum atomic E-state index is -0.222. The molecule has 4 heterocycles. The zero-order valence-corrected chi connectivity index (χ0v) is 21.8. The largest absolute Gasteiger partial charge is 0.369 e. The molecule has 2 saturated heterocycles. The molecule has 6 nitrogen and oxygen atoms in total. The van der Waals surface area contributed by atoms with Gasteiger partial charge in [-0.1, -0.05) is 66.7 Å². The molecule has 0 aliphatic carbocycles. The number of hydrogen-bond acceptors (Lipinski definition) is 4. The fraction of sp³-hybridized carbons (Fsp3) is 0.387. The van der Waals surface area contributed by atoms with E-state index in [4.69, 9.17) is 0 Å². The van der Waals surface area contributed by atoms with Crippen LogP contribution in [-0.2, 0) is 10.8 Å². The van der Waals surface area contributed by atoms with Crippen LogP contribution in [0.2, 0.25) is 0 Å². The smallest absolute Gasteiger partial charge is 0.323 e. The number of likely N-dealkylation sites (tertiary alicyclic amines) is 2. The Hall–Kier alpha value is -3.35. The quantitative estimate of drug-likeness (QED) is 0.545.